The van der Waals surface area contributed by atoms with Crippen molar-refractivity contribution in [2.45, 2.75) is 64.5 Å². The fourth-order valence-electron chi connectivity index (χ4n) is 4.32. The number of amides is 1. The van der Waals surface area contributed by atoms with E-state index < -0.39 is 11.2 Å². The molecule has 0 saturated heterocycles. The van der Waals surface area contributed by atoms with Crippen LogP contribution in [0.4, 0.5) is 11.5 Å². The third kappa shape index (κ3) is 5.85. The van der Waals surface area contributed by atoms with Crippen molar-refractivity contribution in [3.05, 3.63) is 56.7 Å². The van der Waals surface area contributed by atoms with Crippen molar-refractivity contribution in [1.82, 2.24) is 9.55 Å². The molecule has 1 aliphatic rings. The Morgan fingerprint density at radius 3 is 2.42 bits per heavy atom. The number of carbonyl (C=O) groups is 1. The average molecular weight is 429 g/mol. The van der Waals surface area contributed by atoms with E-state index in [-0.39, 0.29) is 30.5 Å². The maximum atomic E-state index is 13.0. The fraction of sp³-hybridized carbons (Fsp3) is 0.522. The van der Waals surface area contributed by atoms with Crippen LogP contribution in [0, 0.1) is 0 Å². The van der Waals surface area contributed by atoms with Gasteiger partial charge in [-0.1, -0.05) is 49.6 Å². The lowest BCUT2D eigenvalue weighted by Gasteiger charge is -2.24. The molecule has 1 saturated carbocycles. The van der Waals surface area contributed by atoms with Gasteiger partial charge in [-0.05, 0) is 38.2 Å². The molecule has 3 rings (SSSR count). The van der Waals surface area contributed by atoms with Crippen LogP contribution in [0.3, 0.4) is 0 Å². The minimum absolute atomic E-state index is 0.0127. The number of rotatable bonds is 7. The molecule has 1 fully saturated rings. The molecule has 1 aromatic carbocycles. The molecule has 0 atom stereocenters. The van der Waals surface area contributed by atoms with Gasteiger partial charge in [0.15, 0.2) is 12.2 Å². The Kier molecular flexibility index (Phi) is 8.06. The van der Waals surface area contributed by atoms with Gasteiger partial charge in [-0.3, -0.25) is 24.0 Å². The summed E-state index contributed by atoms with van der Waals surface area (Å²) >= 11 is 0. The van der Waals surface area contributed by atoms with Crippen LogP contribution in [0.15, 0.2) is 39.9 Å². The molecule has 0 bridgehead atoms. The van der Waals surface area contributed by atoms with Gasteiger partial charge < -0.3 is 11.1 Å². The predicted octanol–water partition coefficient (Wildman–Crippen LogP) is 1.20. The molecule has 1 heterocycles. The van der Waals surface area contributed by atoms with Crippen molar-refractivity contribution in [2.75, 3.05) is 23.7 Å². The van der Waals surface area contributed by atoms with E-state index in [1.807, 2.05) is 30.3 Å². The quantitative estimate of drug-likeness (QED) is 0.614. The highest BCUT2D eigenvalue weighted by atomic mass is 16.2. The van der Waals surface area contributed by atoms with Crippen LogP contribution in [0.2, 0.25) is 0 Å². The first kappa shape index (κ1) is 22.8. The number of hydrogen-bond donors (Lipinski definition) is 3. The first-order valence-electron chi connectivity index (χ1n) is 11.3. The molecule has 0 radical (unpaired) electrons. The van der Waals surface area contributed by atoms with Gasteiger partial charge in [0.25, 0.3) is 11.5 Å². The number of aromatic nitrogens is 2. The minimum atomic E-state index is -0.632. The number of hydrogen-bond acceptors (Lipinski definition) is 4. The molecule has 5 N–H and O–H groups in total. The Bertz CT molecular complexity index is 975. The highest BCUT2D eigenvalue weighted by molar-refractivity contribution is 5.96. The lowest BCUT2D eigenvalue weighted by Crippen LogP contribution is -2.92. The van der Waals surface area contributed by atoms with E-state index in [9.17, 15) is 14.4 Å². The van der Waals surface area contributed by atoms with Crippen LogP contribution in [-0.2, 0) is 11.3 Å². The SMILES string of the molecule is CCN(C(=O)C[NH2+]C1CCCCCCC1)c1c(N)n(Cc2ccccc2)c(=O)[nH]c1=O. The second-order valence-corrected chi connectivity index (χ2v) is 8.25. The van der Waals surface area contributed by atoms with Crippen molar-refractivity contribution >= 4 is 17.4 Å². The summed E-state index contributed by atoms with van der Waals surface area (Å²) in [6, 6.07) is 9.82. The molecule has 1 aromatic heterocycles. The Hall–Kier alpha value is -2.87. The summed E-state index contributed by atoms with van der Waals surface area (Å²) in [5.41, 5.74) is 5.97. The molecule has 1 amide bonds. The second-order valence-electron chi connectivity index (χ2n) is 8.25. The largest absolute Gasteiger partial charge is 0.383 e. The van der Waals surface area contributed by atoms with Gasteiger partial charge in [0.2, 0.25) is 0 Å². The Morgan fingerprint density at radius 1 is 1.13 bits per heavy atom. The van der Waals surface area contributed by atoms with E-state index in [1.54, 1.807) is 6.92 Å². The van der Waals surface area contributed by atoms with Crippen LogP contribution < -0.4 is 27.2 Å². The number of aromatic amines is 1. The zero-order chi connectivity index (χ0) is 22.2. The molecule has 8 heteroatoms. The van der Waals surface area contributed by atoms with Gasteiger partial charge in [-0.2, -0.15) is 0 Å². The van der Waals surface area contributed by atoms with E-state index in [1.165, 1.54) is 41.6 Å². The van der Waals surface area contributed by atoms with E-state index >= 15 is 0 Å². The van der Waals surface area contributed by atoms with Crippen LogP contribution in [-0.4, -0.2) is 34.6 Å². The summed E-state index contributed by atoms with van der Waals surface area (Å²) in [7, 11) is 0. The van der Waals surface area contributed by atoms with Gasteiger partial charge in [0.1, 0.15) is 5.82 Å². The molecule has 31 heavy (non-hydrogen) atoms. The predicted molar refractivity (Wildman–Crippen MR) is 122 cm³/mol. The number of quaternary nitrogens is 1. The molecular weight excluding hydrogens is 394 g/mol. The summed E-state index contributed by atoms with van der Waals surface area (Å²) in [4.78, 5) is 41.8. The third-order valence-corrected chi connectivity index (χ3v) is 6.06. The summed E-state index contributed by atoms with van der Waals surface area (Å²) in [6.07, 6.45) is 8.44. The van der Waals surface area contributed by atoms with Gasteiger partial charge in [-0.15, -0.1) is 0 Å². The van der Waals surface area contributed by atoms with Crippen molar-refractivity contribution in [1.29, 1.82) is 0 Å². The maximum Gasteiger partial charge on any atom is 0.330 e. The second kappa shape index (κ2) is 10.9. The molecule has 168 valence electrons. The summed E-state index contributed by atoms with van der Waals surface area (Å²) in [5, 5.41) is 2.10. The number of H-pyrrole nitrogens is 1. The monoisotopic (exact) mass is 428 g/mol. The number of benzene rings is 1. The summed E-state index contributed by atoms with van der Waals surface area (Å²) in [5.74, 6) is -0.162. The number of likely N-dealkylation sites (N-methyl/N-ethyl adjacent to an activating group) is 1. The number of carbonyl (C=O) groups excluding carboxylic acids is 1. The van der Waals surface area contributed by atoms with Crippen LogP contribution in [0.1, 0.15) is 57.4 Å². The fourth-order valence-corrected chi connectivity index (χ4v) is 4.32. The molecule has 8 nitrogen and oxygen atoms in total. The zero-order valence-corrected chi connectivity index (χ0v) is 18.3. The normalized spacial score (nSPS) is 15.3. The number of anilines is 2. The van der Waals surface area contributed by atoms with E-state index in [0.717, 1.165) is 18.4 Å². The molecular formula is C23H34N5O3+. The average Bonchev–Trinajstić information content (AvgIpc) is 2.74. The van der Waals surface area contributed by atoms with Gasteiger partial charge >= 0.3 is 5.69 Å². The van der Waals surface area contributed by atoms with E-state index in [4.69, 9.17) is 5.73 Å². The molecule has 0 aliphatic heterocycles. The molecule has 2 aromatic rings. The molecule has 0 spiro atoms. The maximum absolute atomic E-state index is 13.0. The van der Waals surface area contributed by atoms with Crippen molar-refractivity contribution in [3.8, 4) is 0 Å². The van der Waals surface area contributed by atoms with Gasteiger partial charge in [-0.25, -0.2) is 4.79 Å². The Labute approximate surface area is 182 Å². The lowest BCUT2D eigenvalue weighted by atomic mass is 9.97. The number of nitrogen functional groups attached to an aromatic ring is 1. The van der Waals surface area contributed by atoms with Crippen molar-refractivity contribution < 1.29 is 10.1 Å². The van der Waals surface area contributed by atoms with Gasteiger partial charge in [0, 0.05) is 6.54 Å². The molecule has 1 aliphatic carbocycles. The number of nitrogens with zero attached hydrogens (tertiary/aromatic N) is 2. The summed E-state index contributed by atoms with van der Waals surface area (Å²) < 4.78 is 1.31. The Morgan fingerprint density at radius 2 is 1.77 bits per heavy atom. The molecule has 0 unspecified atom stereocenters. The third-order valence-electron chi connectivity index (χ3n) is 6.06. The topological polar surface area (TPSA) is 118 Å². The first-order valence-corrected chi connectivity index (χ1v) is 11.3. The Balaban J connectivity index is 1.79. The lowest BCUT2D eigenvalue weighted by molar-refractivity contribution is -0.680. The van der Waals surface area contributed by atoms with Crippen LogP contribution >= 0.6 is 0 Å². The van der Waals surface area contributed by atoms with E-state index in [2.05, 4.69) is 10.3 Å². The highest BCUT2D eigenvalue weighted by Crippen LogP contribution is 2.18. The van der Waals surface area contributed by atoms with Crippen LogP contribution in [0.25, 0.3) is 0 Å². The number of nitrogens with two attached hydrogens (primary N) is 2. The number of nitrogens with one attached hydrogen (secondary N) is 1. The first-order chi connectivity index (χ1) is 15.0. The minimum Gasteiger partial charge on any atom is -0.383 e. The highest BCUT2D eigenvalue weighted by Gasteiger charge is 2.25. The van der Waals surface area contributed by atoms with Crippen molar-refractivity contribution in [3.63, 3.8) is 0 Å². The van der Waals surface area contributed by atoms with E-state index in [0.29, 0.717) is 12.6 Å². The van der Waals surface area contributed by atoms with Gasteiger partial charge in [0.05, 0.1) is 12.6 Å². The zero-order valence-electron chi connectivity index (χ0n) is 18.3. The van der Waals surface area contributed by atoms with Crippen molar-refractivity contribution in [2.24, 2.45) is 0 Å². The standard InChI is InChI=1S/C23H33N5O3/c1-2-27(19(29)15-25-18-13-9-4-3-5-10-14-18)20-21(24)28(23(31)26-22(20)30)16-17-11-7-6-8-12-17/h6-8,11-12,18,25H,2-5,9-10,13-16,24H2,1H3,(H,26,30,31)/p+1. The van der Waals surface area contributed by atoms with Crippen LogP contribution in [0.5, 0.6) is 0 Å². The summed E-state index contributed by atoms with van der Waals surface area (Å²) in [6.45, 7) is 2.58. The smallest absolute Gasteiger partial charge is 0.330 e.